The van der Waals surface area contributed by atoms with E-state index in [1.807, 2.05) is 0 Å². The van der Waals surface area contributed by atoms with Crippen molar-refractivity contribution < 1.29 is 35.1 Å². The van der Waals surface area contributed by atoms with Gasteiger partial charge in [0, 0.05) is 7.05 Å². The van der Waals surface area contributed by atoms with Gasteiger partial charge in [-0.05, 0) is 24.3 Å². The van der Waals surface area contributed by atoms with Crippen LogP contribution < -0.4 is 21.1 Å². The molecule has 2 heterocycles. The molecule has 3 aliphatic rings. The number of anilines is 3. The molecule has 0 saturated carbocycles. The van der Waals surface area contributed by atoms with E-state index in [1.54, 1.807) is 0 Å². The van der Waals surface area contributed by atoms with Crippen molar-refractivity contribution in [2.24, 2.45) is 4.99 Å². The van der Waals surface area contributed by atoms with Crippen LogP contribution in [0, 0.1) is 0 Å². The molecule has 0 fully saturated rings. The van der Waals surface area contributed by atoms with Gasteiger partial charge in [-0.3, -0.25) is 14.1 Å². The second-order valence-electron chi connectivity index (χ2n) is 7.25. The lowest BCUT2D eigenvalue weighted by molar-refractivity contribution is 0.450. The molecule has 35 heavy (non-hydrogen) atoms. The monoisotopic (exact) mass is 558 g/mol. The molecule has 0 atom stereocenters. The highest BCUT2D eigenvalue weighted by Gasteiger charge is 2.34. The number of hydrogen-bond acceptors (Lipinski definition) is 10. The van der Waals surface area contributed by atoms with Gasteiger partial charge in [-0.2, -0.15) is 16.8 Å². The molecule has 16 heteroatoms. The first kappa shape index (κ1) is 23.6. The number of halogens is 2. The minimum Gasteiger partial charge on any atom is -0.450 e. The highest BCUT2D eigenvalue weighted by Crippen LogP contribution is 2.55. The van der Waals surface area contributed by atoms with Gasteiger partial charge in [-0.15, -0.1) is 0 Å². The van der Waals surface area contributed by atoms with Crippen molar-refractivity contribution in [1.82, 2.24) is 4.98 Å². The van der Waals surface area contributed by atoms with E-state index in [-0.39, 0.29) is 66.5 Å². The van der Waals surface area contributed by atoms with Gasteiger partial charge < -0.3 is 20.2 Å². The Morgan fingerprint density at radius 3 is 2.31 bits per heavy atom. The van der Waals surface area contributed by atoms with Crippen molar-refractivity contribution in [3.63, 3.8) is 0 Å². The molecule has 0 unspecified atom stereocenters. The molecule has 0 aromatic heterocycles. The molecule has 0 radical (unpaired) electrons. The van der Waals surface area contributed by atoms with E-state index < -0.39 is 30.0 Å². The lowest BCUT2D eigenvalue weighted by Crippen LogP contribution is -2.17. The van der Waals surface area contributed by atoms with Crippen LogP contribution >= 0.6 is 23.2 Å². The molecular formula is C19H12Cl2N4O8S2. The number of nitrogens with zero attached hydrogens (tertiary/aromatic N) is 2. The number of rotatable bonds is 2. The SMILES string of the molecule is CN=c1ccc2nc3c(Cl)c4c(c(Cl)c3oc-2c1S(=O)(=O)O)Nc1ccc(N)c(S(=O)(=O)O)c1O4. The second-order valence-corrected chi connectivity index (χ2v) is 10.7. The average molecular weight is 559 g/mol. The molecule has 2 aromatic carbocycles. The zero-order valence-electron chi connectivity index (χ0n) is 17.2. The predicted octanol–water partition coefficient (Wildman–Crippen LogP) is 3.69. The Labute approximate surface area is 206 Å². The van der Waals surface area contributed by atoms with E-state index in [0.717, 1.165) is 0 Å². The van der Waals surface area contributed by atoms with E-state index in [1.165, 1.54) is 31.3 Å². The molecule has 0 spiro atoms. The smallest absolute Gasteiger partial charge is 0.300 e. The van der Waals surface area contributed by atoms with Gasteiger partial charge >= 0.3 is 10.1 Å². The topological polar surface area (TPSA) is 194 Å². The van der Waals surface area contributed by atoms with Gasteiger partial charge in [-0.1, -0.05) is 23.2 Å². The Kier molecular flexibility index (Phi) is 5.18. The Morgan fingerprint density at radius 1 is 1.00 bits per heavy atom. The zero-order chi connectivity index (χ0) is 25.4. The van der Waals surface area contributed by atoms with Crippen LogP contribution in [0.15, 0.2) is 43.5 Å². The van der Waals surface area contributed by atoms with Gasteiger partial charge in [0.05, 0.1) is 16.7 Å². The van der Waals surface area contributed by atoms with E-state index in [9.17, 15) is 25.9 Å². The van der Waals surface area contributed by atoms with Gasteiger partial charge in [0.2, 0.25) is 0 Å². The van der Waals surface area contributed by atoms with Crippen molar-refractivity contribution in [2.45, 2.75) is 9.79 Å². The third kappa shape index (κ3) is 3.57. The first-order valence-corrected chi connectivity index (χ1v) is 13.0. The molecule has 2 aliphatic heterocycles. The van der Waals surface area contributed by atoms with E-state index in [0.29, 0.717) is 0 Å². The van der Waals surface area contributed by atoms with Crippen LogP contribution in [0.4, 0.5) is 17.1 Å². The number of benzene rings is 3. The van der Waals surface area contributed by atoms with Crippen molar-refractivity contribution in [2.75, 3.05) is 18.1 Å². The summed E-state index contributed by atoms with van der Waals surface area (Å²) in [5.41, 5.74) is 5.35. The highest BCUT2D eigenvalue weighted by molar-refractivity contribution is 7.86. The molecule has 0 saturated heterocycles. The summed E-state index contributed by atoms with van der Waals surface area (Å²) in [6.07, 6.45) is 0. The fourth-order valence-electron chi connectivity index (χ4n) is 3.69. The summed E-state index contributed by atoms with van der Waals surface area (Å²) in [6, 6.07) is 5.32. The third-order valence-electron chi connectivity index (χ3n) is 5.14. The number of nitrogen functional groups attached to an aromatic ring is 1. The van der Waals surface area contributed by atoms with Crippen molar-refractivity contribution in [3.8, 4) is 23.0 Å². The average Bonchev–Trinajstić information content (AvgIpc) is 2.78. The Balaban J connectivity index is 1.86. The van der Waals surface area contributed by atoms with Crippen LogP contribution in [0.1, 0.15) is 0 Å². The maximum absolute atomic E-state index is 12.1. The molecular weight excluding hydrogens is 547 g/mol. The minimum absolute atomic E-state index is 0.0116. The van der Waals surface area contributed by atoms with Crippen molar-refractivity contribution in [3.05, 3.63) is 39.7 Å². The molecule has 0 amide bonds. The first-order valence-electron chi connectivity index (χ1n) is 9.36. The Bertz CT molecular complexity index is 1850. The molecule has 182 valence electrons. The second kappa shape index (κ2) is 7.68. The predicted molar refractivity (Wildman–Crippen MR) is 126 cm³/mol. The van der Waals surface area contributed by atoms with E-state index in [4.69, 9.17) is 38.1 Å². The third-order valence-corrected chi connectivity index (χ3v) is 7.70. The minimum atomic E-state index is -4.79. The van der Waals surface area contributed by atoms with Crippen LogP contribution in [-0.4, -0.2) is 38.0 Å². The molecule has 5 N–H and O–H groups in total. The van der Waals surface area contributed by atoms with E-state index in [2.05, 4.69) is 15.3 Å². The van der Waals surface area contributed by atoms with Crippen LogP contribution in [0.3, 0.4) is 0 Å². The fourth-order valence-corrected chi connectivity index (χ4v) is 5.77. The number of hydrogen-bond donors (Lipinski definition) is 4. The lowest BCUT2D eigenvalue weighted by Gasteiger charge is -2.26. The van der Waals surface area contributed by atoms with Crippen molar-refractivity contribution >= 4 is 71.6 Å². The molecule has 0 bridgehead atoms. The molecule has 12 nitrogen and oxygen atoms in total. The fraction of sp³-hybridized carbons (Fsp3) is 0.0526. The zero-order valence-corrected chi connectivity index (χ0v) is 20.3. The summed E-state index contributed by atoms with van der Waals surface area (Å²) in [5.74, 6) is -0.790. The van der Waals surface area contributed by atoms with Gasteiger partial charge in [0.25, 0.3) is 10.1 Å². The largest absolute Gasteiger partial charge is 0.450 e. The molecule has 5 rings (SSSR count). The summed E-state index contributed by atoms with van der Waals surface area (Å²) >= 11 is 13.1. The van der Waals surface area contributed by atoms with Crippen LogP contribution in [-0.2, 0) is 20.2 Å². The number of aromatic nitrogens is 1. The standard InChI is InChI=1S/C19H12Cl2N4O8S2/c1-23-9-5-4-8-15(19(9)35(29,30)31)33-17-11(21)12-16(10(20)13(17)25-8)32-14-7(24-12)3-2-6(22)18(14)34(26,27)28/h2-5,24H,22H2,1H3,(H,26,27,28)(H,29,30,31). The van der Waals surface area contributed by atoms with Crippen LogP contribution in [0.5, 0.6) is 11.5 Å². The molecule has 1 aliphatic carbocycles. The maximum atomic E-state index is 12.1. The number of nitrogens with one attached hydrogen (secondary N) is 1. The van der Waals surface area contributed by atoms with E-state index >= 15 is 0 Å². The summed E-state index contributed by atoms with van der Waals surface area (Å²) in [6.45, 7) is 0. The molecule has 2 aromatic rings. The highest BCUT2D eigenvalue weighted by atomic mass is 35.5. The Morgan fingerprint density at radius 2 is 1.69 bits per heavy atom. The summed E-state index contributed by atoms with van der Waals surface area (Å²) in [4.78, 5) is 6.87. The van der Waals surface area contributed by atoms with Gasteiger partial charge in [0.1, 0.15) is 26.9 Å². The first-order chi connectivity index (χ1) is 16.3. The van der Waals surface area contributed by atoms with Gasteiger partial charge in [0.15, 0.2) is 32.6 Å². The maximum Gasteiger partial charge on any atom is 0.300 e. The van der Waals surface area contributed by atoms with Gasteiger partial charge in [-0.25, -0.2) is 4.98 Å². The van der Waals surface area contributed by atoms with Crippen LogP contribution in [0.25, 0.3) is 22.6 Å². The van der Waals surface area contributed by atoms with Crippen LogP contribution in [0.2, 0.25) is 10.0 Å². The lowest BCUT2D eigenvalue weighted by atomic mass is 10.1. The van der Waals surface area contributed by atoms with Crippen molar-refractivity contribution in [1.29, 1.82) is 0 Å². The normalized spacial score (nSPS) is 13.9. The summed E-state index contributed by atoms with van der Waals surface area (Å²) < 4.78 is 78.9. The Hall–Kier alpha value is -3.14. The number of ether oxygens (including phenoxy) is 1. The quantitative estimate of drug-likeness (QED) is 0.140. The number of nitrogens with two attached hydrogens (primary N) is 1. The summed E-state index contributed by atoms with van der Waals surface area (Å²) in [5, 5.41) is 2.45. The summed E-state index contributed by atoms with van der Waals surface area (Å²) in [7, 11) is -8.24. The number of fused-ring (bicyclic) bond motifs is 4.